The number of aromatic nitrogens is 4. The highest BCUT2D eigenvalue weighted by Crippen LogP contribution is 2.15. The molecule has 7 heteroatoms. The van der Waals surface area contributed by atoms with Crippen LogP contribution in [-0.4, -0.2) is 37.3 Å². The highest BCUT2D eigenvalue weighted by atomic mass is 32.2. The first kappa shape index (κ1) is 14.8. The molecule has 1 atom stereocenters. The number of aryl methyl sites for hydroxylation is 2. The second kappa shape index (κ2) is 6.21. The smallest absolute Gasteiger partial charge is 0.253 e. The van der Waals surface area contributed by atoms with E-state index in [0.29, 0.717) is 16.7 Å². The zero-order valence-corrected chi connectivity index (χ0v) is 13.0. The van der Waals surface area contributed by atoms with Crippen molar-refractivity contribution < 1.29 is 4.79 Å². The number of carbonyl (C=O) groups is 1. The molecule has 2 aromatic heterocycles. The first-order valence-corrected chi connectivity index (χ1v) is 7.61. The third-order valence-corrected chi connectivity index (χ3v) is 3.79. The Labute approximate surface area is 122 Å². The van der Waals surface area contributed by atoms with Gasteiger partial charge in [0.05, 0.1) is 5.75 Å². The topological polar surface area (TPSA) is 72.2 Å². The van der Waals surface area contributed by atoms with Crippen LogP contribution in [0.2, 0.25) is 0 Å². The van der Waals surface area contributed by atoms with Gasteiger partial charge in [0, 0.05) is 17.4 Å². The fourth-order valence-electron chi connectivity index (χ4n) is 1.76. The number of thioether (sulfide) groups is 1. The number of nitrogens with one attached hydrogen (secondary N) is 1. The van der Waals surface area contributed by atoms with E-state index in [4.69, 9.17) is 0 Å². The fourth-order valence-corrected chi connectivity index (χ4v) is 2.39. The molecule has 0 spiro atoms. The van der Waals surface area contributed by atoms with Crippen LogP contribution in [0.25, 0.3) is 5.78 Å². The Morgan fingerprint density at radius 3 is 2.90 bits per heavy atom. The summed E-state index contributed by atoms with van der Waals surface area (Å²) >= 11 is 1.33. The van der Waals surface area contributed by atoms with Gasteiger partial charge in [0.15, 0.2) is 0 Å². The standard InChI is InChI=1S/C13H19N5OS/c1-5-8(2)14-11(19)7-20-13-16-12-15-9(3)6-10(4)18(12)17-13/h6,8H,5,7H2,1-4H3,(H,14,19)/t8-/m0/s1. The lowest BCUT2D eigenvalue weighted by Gasteiger charge is -2.09. The van der Waals surface area contributed by atoms with E-state index >= 15 is 0 Å². The second-order valence-corrected chi connectivity index (χ2v) is 5.75. The molecule has 0 fully saturated rings. The molecule has 0 saturated carbocycles. The van der Waals surface area contributed by atoms with Gasteiger partial charge in [0.2, 0.25) is 11.1 Å². The maximum absolute atomic E-state index is 11.7. The number of fused-ring (bicyclic) bond motifs is 1. The lowest BCUT2D eigenvalue weighted by molar-refractivity contribution is -0.119. The van der Waals surface area contributed by atoms with Gasteiger partial charge in [0.25, 0.3) is 5.78 Å². The van der Waals surface area contributed by atoms with Crippen molar-refractivity contribution in [3.63, 3.8) is 0 Å². The Hall–Kier alpha value is -1.63. The van der Waals surface area contributed by atoms with Gasteiger partial charge in [-0.3, -0.25) is 4.79 Å². The molecule has 108 valence electrons. The average molecular weight is 293 g/mol. The first-order chi connectivity index (χ1) is 9.49. The van der Waals surface area contributed by atoms with Crippen molar-refractivity contribution in [2.24, 2.45) is 0 Å². The summed E-state index contributed by atoms with van der Waals surface area (Å²) < 4.78 is 1.70. The number of rotatable bonds is 5. The number of nitrogens with zero attached hydrogens (tertiary/aromatic N) is 4. The molecule has 0 radical (unpaired) electrons. The van der Waals surface area contributed by atoms with Crippen LogP contribution < -0.4 is 5.32 Å². The zero-order valence-electron chi connectivity index (χ0n) is 12.2. The van der Waals surface area contributed by atoms with Crippen LogP contribution in [0, 0.1) is 13.8 Å². The Kier molecular flexibility index (Phi) is 4.59. The van der Waals surface area contributed by atoms with Crippen LogP contribution >= 0.6 is 11.8 Å². The lowest BCUT2D eigenvalue weighted by Crippen LogP contribution is -2.33. The van der Waals surface area contributed by atoms with E-state index in [-0.39, 0.29) is 11.9 Å². The molecule has 1 amide bonds. The maximum Gasteiger partial charge on any atom is 0.253 e. The predicted octanol–water partition coefficient (Wildman–Crippen LogP) is 1.75. The van der Waals surface area contributed by atoms with Crippen molar-refractivity contribution >= 4 is 23.4 Å². The summed E-state index contributed by atoms with van der Waals surface area (Å²) in [7, 11) is 0. The number of amides is 1. The number of carbonyl (C=O) groups excluding carboxylic acids is 1. The van der Waals surface area contributed by atoms with E-state index in [1.54, 1.807) is 4.52 Å². The highest BCUT2D eigenvalue weighted by molar-refractivity contribution is 7.99. The molecule has 2 rings (SSSR count). The molecule has 0 aromatic carbocycles. The van der Waals surface area contributed by atoms with Crippen LogP contribution in [0.4, 0.5) is 0 Å². The van der Waals surface area contributed by atoms with Crippen LogP contribution in [0.1, 0.15) is 31.7 Å². The van der Waals surface area contributed by atoms with Crippen LogP contribution in [-0.2, 0) is 4.79 Å². The zero-order chi connectivity index (χ0) is 14.7. The first-order valence-electron chi connectivity index (χ1n) is 6.62. The largest absolute Gasteiger partial charge is 0.353 e. The van der Waals surface area contributed by atoms with Crippen molar-refractivity contribution in [3.05, 3.63) is 17.5 Å². The van der Waals surface area contributed by atoms with Crippen LogP contribution in [0.3, 0.4) is 0 Å². The molecule has 0 saturated heterocycles. The van der Waals surface area contributed by atoms with E-state index in [1.807, 2.05) is 33.8 Å². The van der Waals surface area contributed by atoms with E-state index < -0.39 is 0 Å². The summed E-state index contributed by atoms with van der Waals surface area (Å²) in [4.78, 5) is 20.4. The second-order valence-electron chi connectivity index (χ2n) is 4.81. The molecule has 0 bridgehead atoms. The molecule has 0 unspecified atom stereocenters. The van der Waals surface area contributed by atoms with E-state index in [1.165, 1.54) is 11.8 Å². The van der Waals surface area contributed by atoms with Gasteiger partial charge in [-0.2, -0.15) is 4.98 Å². The molecule has 6 nitrogen and oxygen atoms in total. The molecule has 0 aliphatic heterocycles. The Balaban J connectivity index is 2.04. The van der Waals surface area contributed by atoms with Gasteiger partial charge in [-0.25, -0.2) is 9.50 Å². The van der Waals surface area contributed by atoms with Crippen molar-refractivity contribution in [1.82, 2.24) is 24.9 Å². The van der Waals surface area contributed by atoms with Gasteiger partial charge in [-0.05, 0) is 33.3 Å². The van der Waals surface area contributed by atoms with Gasteiger partial charge < -0.3 is 5.32 Å². The summed E-state index contributed by atoms with van der Waals surface area (Å²) in [5.41, 5.74) is 1.89. The van der Waals surface area contributed by atoms with Crippen molar-refractivity contribution in [3.8, 4) is 0 Å². The summed E-state index contributed by atoms with van der Waals surface area (Å²) in [6.07, 6.45) is 0.922. The van der Waals surface area contributed by atoms with Gasteiger partial charge in [-0.1, -0.05) is 18.7 Å². The highest BCUT2D eigenvalue weighted by Gasteiger charge is 2.11. The predicted molar refractivity (Wildman–Crippen MR) is 78.9 cm³/mol. The van der Waals surface area contributed by atoms with Gasteiger partial charge in [-0.15, -0.1) is 5.10 Å². The Bertz CT molecular complexity index is 624. The summed E-state index contributed by atoms with van der Waals surface area (Å²) in [6, 6.07) is 2.15. The number of hydrogen-bond donors (Lipinski definition) is 1. The molecule has 2 aromatic rings. The maximum atomic E-state index is 11.7. The normalized spacial score (nSPS) is 12.6. The van der Waals surface area contributed by atoms with Crippen molar-refractivity contribution in [1.29, 1.82) is 0 Å². The van der Waals surface area contributed by atoms with Crippen LogP contribution in [0.15, 0.2) is 11.2 Å². The monoisotopic (exact) mass is 293 g/mol. The molecule has 0 aliphatic rings. The van der Waals surface area contributed by atoms with Gasteiger partial charge in [0.1, 0.15) is 0 Å². The van der Waals surface area contributed by atoms with Crippen molar-refractivity contribution in [2.75, 3.05) is 5.75 Å². The third-order valence-electron chi connectivity index (χ3n) is 2.95. The quantitative estimate of drug-likeness (QED) is 0.850. The Morgan fingerprint density at radius 2 is 2.20 bits per heavy atom. The minimum absolute atomic E-state index is 0.00377. The molecular formula is C13H19N5OS. The molecular weight excluding hydrogens is 274 g/mol. The summed E-state index contributed by atoms with van der Waals surface area (Å²) in [5.74, 6) is 0.899. The molecule has 20 heavy (non-hydrogen) atoms. The SMILES string of the molecule is CC[C@H](C)NC(=O)CSc1nc2nc(C)cc(C)n2n1. The molecule has 2 heterocycles. The average Bonchev–Trinajstić information content (AvgIpc) is 2.79. The summed E-state index contributed by atoms with van der Waals surface area (Å²) in [6.45, 7) is 7.91. The van der Waals surface area contributed by atoms with E-state index in [0.717, 1.165) is 17.8 Å². The minimum Gasteiger partial charge on any atom is -0.353 e. The fraction of sp³-hybridized carbons (Fsp3) is 0.538. The van der Waals surface area contributed by atoms with Gasteiger partial charge >= 0.3 is 0 Å². The summed E-state index contributed by atoms with van der Waals surface area (Å²) in [5, 5.41) is 7.84. The van der Waals surface area contributed by atoms with Crippen LogP contribution in [0.5, 0.6) is 0 Å². The van der Waals surface area contributed by atoms with E-state index in [2.05, 4.69) is 20.4 Å². The lowest BCUT2D eigenvalue weighted by atomic mass is 10.3. The van der Waals surface area contributed by atoms with Crippen molar-refractivity contribution in [2.45, 2.75) is 45.3 Å². The molecule has 0 aliphatic carbocycles. The molecule has 1 N–H and O–H groups in total. The Morgan fingerprint density at radius 1 is 1.45 bits per heavy atom. The van der Waals surface area contributed by atoms with E-state index in [9.17, 15) is 4.79 Å². The number of hydrogen-bond acceptors (Lipinski definition) is 5. The minimum atomic E-state index is 0.00377. The third kappa shape index (κ3) is 3.47.